The maximum atomic E-state index is 12.9. The lowest BCUT2D eigenvalue weighted by atomic mass is 9.94. The minimum absolute atomic E-state index is 0.105. The van der Waals surface area contributed by atoms with Crippen LogP contribution in [0.15, 0.2) is 53.7 Å². The fraction of sp³-hybridized carbons (Fsp3) is 0.333. The third-order valence-corrected chi connectivity index (χ3v) is 5.43. The molecule has 0 N–H and O–H groups in total. The Morgan fingerprint density at radius 3 is 3.03 bits per heavy atom. The highest BCUT2D eigenvalue weighted by Crippen LogP contribution is 2.22. The van der Waals surface area contributed by atoms with E-state index < -0.39 is 0 Å². The van der Waals surface area contributed by atoms with Crippen molar-refractivity contribution in [3.05, 3.63) is 55.1 Å². The summed E-state index contributed by atoms with van der Waals surface area (Å²) in [4.78, 5) is 31.9. The molecule has 4 aromatic rings. The fourth-order valence-electron chi connectivity index (χ4n) is 3.94. The van der Waals surface area contributed by atoms with Gasteiger partial charge in [0.2, 0.25) is 17.6 Å². The lowest BCUT2D eigenvalue weighted by Crippen LogP contribution is -2.42. The Balaban J connectivity index is 1.23. The van der Waals surface area contributed by atoms with Crippen LogP contribution in [0.5, 0.6) is 0 Å². The number of fused-ring (bicyclic) bond motifs is 1. The molecule has 1 saturated heterocycles. The van der Waals surface area contributed by atoms with Crippen LogP contribution in [0.2, 0.25) is 0 Å². The van der Waals surface area contributed by atoms with E-state index in [0.717, 1.165) is 30.4 Å². The van der Waals surface area contributed by atoms with Crippen LogP contribution in [-0.4, -0.2) is 53.6 Å². The molecule has 0 spiro atoms. The maximum absolute atomic E-state index is 12.9. The van der Waals surface area contributed by atoms with E-state index in [1.54, 1.807) is 24.9 Å². The SMILES string of the molecule is O=C(Cn1cnc2ccccc21)N1CCC[C@@H](Cc2nc(-c3cnccn3)no2)C1. The molecule has 30 heavy (non-hydrogen) atoms. The van der Waals surface area contributed by atoms with E-state index in [-0.39, 0.29) is 11.8 Å². The number of aromatic nitrogens is 6. The Hall–Kier alpha value is -3.62. The second-order valence-corrected chi connectivity index (χ2v) is 7.52. The van der Waals surface area contributed by atoms with Gasteiger partial charge in [-0.15, -0.1) is 0 Å². The van der Waals surface area contributed by atoms with Gasteiger partial charge in [0, 0.05) is 31.9 Å². The molecule has 3 aromatic heterocycles. The second kappa shape index (κ2) is 8.02. The van der Waals surface area contributed by atoms with Gasteiger partial charge < -0.3 is 14.0 Å². The highest BCUT2D eigenvalue weighted by molar-refractivity contribution is 5.80. The van der Waals surface area contributed by atoms with Gasteiger partial charge in [-0.3, -0.25) is 9.78 Å². The van der Waals surface area contributed by atoms with Crippen molar-refractivity contribution in [2.45, 2.75) is 25.8 Å². The van der Waals surface area contributed by atoms with Crippen LogP contribution in [0.3, 0.4) is 0 Å². The molecule has 0 unspecified atom stereocenters. The summed E-state index contributed by atoms with van der Waals surface area (Å²) in [5, 5.41) is 4.01. The molecular weight excluding hydrogens is 382 g/mol. The maximum Gasteiger partial charge on any atom is 0.242 e. The minimum Gasteiger partial charge on any atom is -0.341 e. The Kier molecular flexibility index (Phi) is 4.92. The molecule has 152 valence electrons. The standard InChI is InChI=1S/C21H21N7O2/c29-20(13-28-14-24-16-5-1-2-6-18(16)28)27-9-3-4-15(12-27)10-19-25-21(26-30-19)17-11-22-7-8-23-17/h1-2,5-8,11,14-15H,3-4,9-10,12-13H2/t15-/m0/s1. The van der Waals surface area contributed by atoms with Crippen molar-refractivity contribution in [1.29, 1.82) is 0 Å². The number of piperidine rings is 1. The Labute approximate surface area is 172 Å². The summed E-state index contributed by atoms with van der Waals surface area (Å²) >= 11 is 0. The van der Waals surface area contributed by atoms with E-state index in [4.69, 9.17) is 4.52 Å². The van der Waals surface area contributed by atoms with Crippen LogP contribution in [0.1, 0.15) is 18.7 Å². The van der Waals surface area contributed by atoms with E-state index in [2.05, 4.69) is 25.1 Å². The lowest BCUT2D eigenvalue weighted by Gasteiger charge is -2.32. The minimum atomic E-state index is 0.105. The number of likely N-dealkylation sites (tertiary alicyclic amines) is 1. The number of carbonyl (C=O) groups excluding carboxylic acids is 1. The van der Waals surface area contributed by atoms with Gasteiger partial charge in [-0.1, -0.05) is 17.3 Å². The summed E-state index contributed by atoms with van der Waals surface area (Å²) in [6, 6.07) is 7.84. The van der Waals surface area contributed by atoms with Crippen molar-refractivity contribution in [3.8, 4) is 11.5 Å². The highest BCUT2D eigenvalue weighted by Gasteiger charge is 2.26. The monoisotopic (exact) mass is 403 g/mol. The van der Waals surface area contributed by atoms with Gasteiger partial charge in [0.25, 0.3) is 0 Å². The first-order valence-electron chi connectivity index (χ1n) is 10.0. The zero-order valence-electron chi connectivity index (χ0n) is 16.4. The molecule has 0 aliphatic carbocycles. The van der Waals surface area contributed by atoms with Gasteiger partial charge in [-0.05, 0) is 30.9 Å². The third kappa shape index (κ3) is 3.78. The molecule has 0 saturated carbocycles. The van der Waals surface area contributed by atoms with Crippen LogP contribution in [-0.2, 0) is 17.8 Å². The third-order valence-electron chi connectivity index (χ3n) is 5.43. The number of imidazole rings is 1. The van der Waals surface area contributed by atoms with E-state index in [1.807, 2.05) is 33.7 Å². The molecule has 0 radical (unpaired) electrons. The van der Waals surface area contributed by atoms with Crippen LogP contribution in [0.25, 0.3) is 22.6 Å². The number of hydrogen-bond acceptors (Lipinski definition) is 7. The summed E-state index contributed by atoms with van der Waals surface area (Å²) in [5.41, 5.74) is 2.46. The summed E-state index contributed by atoms with van der Waals surface area (Å²) in [6.45, 7) is 1.76. The largest absolute Gasteiger partial charge is 0.341 e. The number of hydrogen-bond donors (Lipinski definition) is 0. The molecular formula is C21H21N7O2. The van der Waals surface area contributed by atoms with Crippen molar-refractivity contribution >= 4 is 16.9 Å². The van der Waals surface area contributed by atoms with Crippen molar-refractivity contribution in [2.24, 2.45) is 5.92 Å². The number of para-hydroxylation sites is 2. The summed E-state index contributed by atoms with van der Waals surface area (Å²) in [7, 11) is 0. The van der Waals surface area contributed by atoms with Gasteiger partial charge in [-0.2, -0.15) is 4.98 Å². The van der Waals surface area contributed by atoms with Crippen LogP contribution in [0.4, 0.5) is 0 Å². The Morgan fingerprint density at radius 1 is 1.20 bits per heavy atom. The predicted molar refractivity (Wildman–Crippen MR) is 108 cm³/mol. The Bertz CT molecular complexity index is 1150. The first-order chi connectivity index (χ1) is 14.8. The number of rotatable bonds is 5. The van der Waals surface area contributed by atoms with Gasteiger partial charge >= 0.3 is 0 Å². The number of carbonyl (C=O) groups is 1. The van der Waals surface area contributed by atoms with E-state index in [9.17, 15) is 4.79 Å². The van der Waals surface area contributed by atoms with Crippen molar-refractivity contribution in [1.82, 2.24) is 34.6 Å². The second-order valence-electron chi connectivity index (χ2n) is 7.52. The number of benzene rings is 1. The molecule has 9 nitrogen and oxygen atoms in total. The number of amides is 1. The summed E-state index contributed by atoms with van der Waals surface area (Å²) in [6.07, 6.45) is 9.17. The first-order valence-corrected chi connectivity index (χ1v) is 10.0. The molecule has 1 atom stereocenters. The predicted octanol–water partition coefficient (Wildman–Crippen LogP) is 2.36. The summed E-state index contributed by atoms with van der Waals surface area (Å²) in [5.74, 6) is 1.40. The molecule has 4 heterocycles. The van der Waals surface area contributed by atoms with Gasteiger partial charge in [-0.25, -0.2) is 9.97 Å². The van der Waals surface area contributed by atoms with Crippen LogP contribution in [0, 0.1) is 5.92 Å². The normalized spacial score (nSPS) is 16.8. The highest BCUT2D eigenvalue weighted by atomic mass is 16.5. The molecule has 0 bridgehead atoms. The van der Waals surface area contributed by atoms with Crippen LogP contribution < -0.4 is 0 Å². The van der Waals surface area contributed by atoms with Gasteiger partial charge in [0.15, 0.2) is 0 Å². The zero-order valence-corrected chi connectivity index (χ0v) is 16.4. The van der Waals surface area contributed by atoms with Crippen LogP contribution >= 0.6 is 0 Å². The fourth-order valence-corrected chi connectivity index (χ4v) is 3.94. The Morgan fingerprint density at radius 2 is 2.13 bits per heavy atom. The molecule has 1 aromatic carbocycles. The van der Waals surface area contributed by atoms with Crippen molar-refractivity contribution < 1.29 is 9.32 Å². The molecule has 1 amide bonds. The molecule has 5 rings (SSSR count). The van der Waals surface area contributed by atoms with Gasteiger partial charge in [0.1, 0.15) is 12.2 Å². The van der Waals surface area contributed by atoms with Crippen molar-refractivity contribution in [2.75, 3.05) is 13.1 Å². The quantitative estimate of drug-likeness (QED) is 0.504. The van der Waals surface area contributed by atoms with Crippen molar-refractivity contribution in [3.63, 3.8) is 0 Å². The lowest BCUT2D eigenvalue weighted by molar-refractivity contribution is -0.133. The molecule has 1 fully saturated rings. The zero-order chi connectivity index (χ0) is 20.3. The number of nitrogens with zero attached hydrogens (tertiary/aromatic N) is 7. The van der Waals surface area contributed by atoms with E-state index in [1.165, 1.54) is 0 Å². The molecule has 1 aliphatic rings. The van der Waals surface area contributed by atoms with E-state index in [0.29, 0.717) is 36.9 Å². The molecule has 1 aliphatic heterocycles. The topological polar surface area (TPSA) is 103 Å². The smallest absolute Gasteiger partial charge is 0.242 e. The molecule has 9 heteroatoms. The summed E-state index contributed by atoms with van der Waals surface area (Å²) < 4.78 is 7.32. The first kappa shape index (κ1) is 18.4. The van der Waals surface area contributed by atoms with Gasteiger partial charge in [0.05, 0.1) is 23.6 Å². The average molecular weight is 403 g/mol. The average Bonchev–Trinajstić information content (AvgIpc) is 3.42. The van der Waals surface area contributed by atoms with E-state index >= 15 is 0 Å².